The molecule has 2 heteroatoms. The van der Waals surface area contributed by atoms with E-state index in [1.165, 1.54) is 5.56 Å². The van der Waals surface area contributed by atoms with Crippen molar-refractivity contribution in [2.24, 2.45) is 0 Å². The predicted molar refractivity (Wildman–Crippen MR) is 69.4 cm³/mol. The van der Waals surface area contributed by atoms with E-state index < -0.39 is 0 Å². The Labute approximate surface area is 102 Å². The number of ketones is 1. The molecule has 0 radical (unpaired) electrons. The number of benzene rings is 1. The van der Waals surface area contributed by atoms with Gasteiger partial charge in [-0.2, -0.15) is 0 Å². The van der Waals surface area contributed by atoms with Gasteiger partial charge in [0.1, 0.15) is 0 Å². The minimum Gasteiger partial charge on any atom is -0.294 e. The van der Waals surface area contributed by atoms with Gasteiger partial charge in [-0.1, -0.05) is 33.8 Å². The number of Topliss-reactive ketones (excluding diaryl/α,β-unsaturated/α-hetero) is 1. The minimum atomic E-state index is 0.114. The van der Waals surface area contributed by atoms with E-state index >= 15 is 0 Å². The van der Waals surface area contributed by atoms with Crippen molar-refractivity contribution in [3.05, 3.63) is 29.3 Å². The summed E-state index contributed by atoms with van der Waals surface area (Å²) in [6, 6.07) is 6.34. The lowest BCUT2D eigenvalue weighted by Crippen LogP contribution is -2.17. The molecule has 0 saturated heterocycles. The summed E-state index contributed by atoms with van der Waals surface area (Å²) >= 11 is 1.81. The van der Waals surface area contributed by atoms with Crippen molar-refractivity contribution in [3.8, 4) is 0 Å². The Morgan fingerprint density at radius 1 is 1.31 bits per heavy atom. The van der Waals surface area contributed by atoms with E-state index in [2.05, 4.69) is 45.9 Å². The third kappa shape index (κ3) is 2.17. The summed E-state index contributed by atoms with van der Waals surface area (Å²) < 4.78 is 0. The topological polar surface area (TPSA) is 17.1 Å². The number of hydrogen-bond donors (Lipinski definition) is 0. The van der Waals surface area contributed by atoms with Gasteiger partial charge in [-0.3, -0.25) is 4.79 Å². The average Bonchev–Trinajstić information content (AvgIpc) is 2.15. The second-order valence-corrected chi connectivity index (χ2v) is 7.00. The Bertz CT molecular complexity index is 429. The first kappa shape index (κ1) is 11.7. The van der Waals surface area contributed by atoms with E-state index in [-0.39, 0.29) is 5.41 Å². The summed E-state index contributed by atoms with van der Waals surface area (Å²) in [5, 5.41) is 0.417. The second kappa shape index (κ2) is 3.92. The number of fused-ring (bicyclic) bond motifs is 1. The highest BCUT2D eigenvalue weighted by atomic mass is 32.2. The number of carbonyl (C=O) groups is 1. The van der Waals surface area contributed by atoms with Crippen LogP contribution in [0.25, 0.3) is 0 Å². The lowest BCUT2D eigenvalue weighted by atomic mass is 9.85. The molecule has 0 bridgehead atoms. The highest BCUT2D eigenvalue weighted by Crippen LogP contribution is 2.37. The third-order valence-corrected chi connectivity index (χ3v) is 4.13. The van der Waals surface area contributed by atoms with E-state index in [0.29, 0.717) is 17.5 Å². The SMILES string of the molecule is CC1CC(=O)c2cc(C(C)(C)C)ccc2S1. The number of hydrogen-bond acceptors (Lipinski definition) is 2. The molecule has 16 heavy (non-hydrogen) atoms. The molecule has 0 N–H and O–H groups in total. The summed E-state index contributed by atoms with van der Waals surface area (Å²) in [4.78, 5) is 13.1. The maximum atomic E-state index is 12.0. The first-order valence-electron chi connectivity index (χ1n) is 5.72. The maximum Gasteiger partial charge on any atom is 0.165 e. The van der Waals surface area contributed by atoms with Crippen LogP contribution < -0.4 is 0 Å². The minimum absolute atomic E-state index is 0.114. The van der Waals surface area contributed by atoms with Crippen LogP contribution in [0.1, 0.15) is 50.0 Å². The van der Waals surface area contributed by atoms with E-state index in [1.807, 2.05) is 11.8 Å². The fourth-order valence-electron chi connectivity index (χ4n) is 1.95. The molecule has 1 nitrogen and oxygen atoms in total. The molecule has 1 heterocycles. The van der Waals surface area contributed by atoms with E-state index in [9.17, 15) is 4.79 Å². The molecular formula is C14H18OS. The first-order chi connectivity index (χ1) is 7.38. The summed E-state index contributed by atoms with van der Waals surface area (Å²) in [5.41, 5.74) is 2.29. The molecule has 86 valence electrons. The van der Waals surface area contributed by atoms with Crippen molar-refractivity contribution in [2.45, 2.75) is 49.7 Å². The molecule has 0 spiro atoms. The Morgan fingerprint density at radius 3 is 2.62 bits per heavy atom. The molecule has 1 aliphatic heterocycles. The Hall–Kier alpha value is -0.760. The number of rotatable bonds is 0. The van der Waals surface area contributed by atoms with Gasteiger partial charge in [-0.25, -0.2) is 0 Å². The molecule has 0 aromatic heterocycles. The number of carbonyl (C=O) groups excluding carboxylic acids is 1. The zero-order valence-corrected chi connectivity index (χ0v) is 11.1. The van der Waals surface area contributed by atoms with E-state index in [4.69, 9.17) is 0 Å². The second-order valence-electron chi connectivity index (χ2n) is 5.52. The Kier molecular flexibility index (Phi) is 2.87. The van der Waals surface area contributed by atoms with Gasteiger partial charge in [-0.15, -0.1) is 11.8 Å². The largest absolute Gasteiger partial charge is 0.294 e. The molecule has 0 fully saturated rings. The van der Waals surface area contributed by atoms with Gasteiger partial charge in [-0.05, 0) is 23.1 Å². The van der Waals surface area contributed by atoms with Crippen LogP contribution in [0.3, 0.4) is 0 Å². The normalized spacial score (nSPS) is 20.8. The van der Waals surface area contributed by atoms with Gasteiger partial charge in [0, 0.05) is 22.1 Å². The predicted octanol–water partition coefficient (Wildman–Crippen LogP) is 4.05. The molecule has 0 saturated carbocycles. The van der Waals surface area contributed by atoms with Crippen LogP contribution in [0.5, 0.6) is 0 Å². The van der Waals surface area contributed by atoms with Crippen molar-refractivity contribution in [1.29, 1.82) is 0 Å². The highest BCUT2D eigenvalue weighted by molar-refractivity contribution is 8.00. The summed E-state index contributed by atoms with van der Waals surface area (Å²) in [6.45, 7) is 8.65. The summed E-state index contributed by atoms with van der Waals surface area (Å²) in [6.07, 6.45) is 0.672. The standard InChI is InChI=1S/C14H18OS/c1-9-7-12(15)11-8-10(14(2,3)4)5-6-13(11)16-9/h5-6,8-9H,7H2,1-4H3. The molecule has 1 atom stereocenters. The van der Waals surface area contributed by atoms with Gasteiger partial charge >= 0.3 is 0 Å². The quantitative estimate of drug-likeness (QED) is 0.673. The van der Waals surface area contributed by atoms with Crippen molar-refractivity contribution < 1.29 is 4.79 Å². The van der Waals surface area contributed by atoms with E-state index in [0.717, 1.165) is 10.5 Å². The van der Waals surface area contributed by atoms with Gasteiger partial charge in [0.25, 0.3) is 0 Å². The molecular weight excluding hydrogens is 216 g/mol. The van der Waals surface area contributed by atoms with Crippen LogP contribution in [0.2, 0.25) is 0 Å². The molecule has 1 unspecified atom stereocenters. The summed E-state index contributed by atoms with van der Waals surface area (Å²) in [7, 11) is 0. The van der Waals surface area contributed by atoms with Gasteiger partial charge < -0.3 is 0 Å². The molecule has 0 aliphatic carbocycles. The van der Waals surface area contributed by atoms with Gasteiger partial charge in [0.2, 0.25) is 0 Å². The zero-order valence-electron chi connectivity index (χ0n) is 10.3. The highest BCUT2D eigenvalue weighted by Gasteiger charge is 2.24. The zero-order chi connectivity index (χ0) is 11.9. The smallest absolute Gasteiger partial charge is 0.165 e. The van der Waals surface area contributed by atoms with Crippen molar-refractivity contribution in [3.63, 3.8) is 0 Å². The van der Waals surface area contributed by atoms with Crippen LogP contribution in [0.4, 0.5) is 0 Å². The van der Waals surface area contributed by atoms with Crippen LogP contribution in [0.15, 0.2) is 23.1 Å². The van der Waals surface area contributed by atoms with Gasteiger partial charge in [0.15, 0.2) is 5.78 Å². The lowest BCUT2D eigenvalue weighted by Gasteiger charge is -2.24. The van der Waals surface area contributed by atoms with Gasteiger partial charge in [0.05, 0.1) is 0 Å². The molecule has 1 aromatic carbocycles. The monoisotopic (exact) mass is 234 g/mol. The molecule has 2 rings (SSSR count). The van der Waals surface area contributed by atoms with Crippen LogP contribution in [0, 0.1) is 0 Å². The first-order valence-corrected chi connectivity index (χ1v) is 6.60. The van der Waals surface area contributed by atoms with Crippen molar-refractivity contribution >= 4 is 17.5 Å². The Balaban J connectivity index is 2.47. The third-order valence-electron chi connectivity index (χ3n) is 2.95. The van der Waals surface area contributed by atoms with E-state index in [1.54, 1.807) is 0 Å². The fourth-order valence-corrected chi connectivity index (χ4v) is 3.06. The molecule has 1 aliphatic rings. The van der Waals surface area contributed by atoms with Crippen LogP contribution >= 0.6 is 11.8 Å². The maximum absolute atomic E-state index is 12.0. The van der Waals surface area contributed by atoms with Crippen molar-refractivity contribution in [2.75, 3.05) is 0 Å². The van der Waals surface area contributed by atoms with Crippen LogP contribution in [-0.2, 0) is 5.41 Å². The van der Waals surface area contributed by atoms with Crippen molar-refractivity contribution in [1.82, 2.24) is 0 Å². The fraction of sp³-hybridized carbons (Fsp3) is 0.500. The number of thioether (sulfide) groups is 1. The molecule has 0 amide bonds. The lowest BCUT2D eigenvalue weighted by molar-refractivity contribution is 0.0978. The summed E-state index contributed by atoms with van der Waals surface area (Å²) in [5.74, 6) is 0.298. The van der Waals surface area contributed by atoms with Crippen LogP contribution in [-0.4, -0.2) is 11.0 Å². The molecule has 1 aromatic rings. The Morgan fingerprint density at radius 2 is 2.00 bits per heavy atom. The average molecular weight is 234 g/mol.